The molecule has 0 aliphatic heterocycles. The predicted molar refractivity (Wildman–Crippen MR) is 465 cm³/mol. The molecular weight excluding hydrogens is 1440 g/mol. The first-order valence-corrected chi connectivity index (χ1v) is 49.7. The summed E-state index contributed by atoms with van der Waals surface area (Å²) in [5, 5.41) is 0. The fraction of sp³-hybridized carbons (Fsp3) is 0.942. The lowest BCUT2D eigenvalue weighted by Gasteiger charge is -2.48. The third kappa shape index (κ3) is 18.2. The second kappa shape index (κ2) is 34.7. The number of hydrogen-bond acceptors (Lipinski definition) is 12. The quantitative estimate of drug-likeness (QED) is 0.0686. The first-order valence-electron chi connectivity index (χ1n) is 49.7. The molecular formula is C104H174O12. The Morgan fingerprint density at radius 2 is 0.681 bits per heavy atom. The first kappa shape index (κ1) is 92.0. The summed E-state index contributed by atoms with van der Waals surface area (Å²) in [4.78, 5) is 74.5. The van der Waals surface area contributed by atoms with Crippen LogP contribution >= 0.6 is 0 Å². The molecule has 28 unspecified atom stereocenters. The van der Waals surface area contributed by atoms with Crippen molar-refractivity contribution < 1.29 is 57.2 Å². The van der Waals surface area contributed by atoms with E-state index < -0.39 is 0 Å². The molecule has 28 atom stereocenters. The SMILES string of the molecule is CCC(C)(C)C(=O)OC1(C)CC2CC1C1C3CCC(C3)C21.CCC(C)(C)C(=O)OC1(C)CC2CC1C1CCCC21.CCC(C)(C)C(=O)OC1(C)CC2CCC1C2.CCC(C)(C)C(=O)OC1(C)CCC2CCCCC2C1.CCC(C)(C)C(=O)OC1(C)CCCC2CCCCC21.CCC(C)(C)C(=O)OC1(CC)CC2CC1C1C3CCC(C3)C21. The maximum Gasteiger partial charge on any atom is 0.312 e. The van der Waals surface area contributed by atoms with Crippen LogP contribution in [-0.2, 0) is 57.2 Å². The van der Waals surface area contributed by atoms with Gasteiger partial charge in [0, 0.05) is 23.7 Å². The number of hydrogen-bond donors (Lipinski definition) is 0. The van der Waals surface area contributed by atoms with E-state index in [1.165, 1.54) is 167 Å². The summed E-state index contributed by atoms with van der Waals surface area (Å²) in [6, 6.07) is 0. The number of fused-ring (bicyclic) bond motifs is 27. The average molecular weight is 1620 g/mol. The molecule has 17 fully saturated rings. The Balaban J connectivity index is 0.000000129. The summed E-state index contributed by atoms with van der Waals surface area (Å²) in [5.41, 5.74) is -3.04. The molecule has 0 aromatic rings. The topological polar surface area (TPSA) is 158 Å². The van der Waals surface area contributed by atoms with E-state index in [-0.39, 0.29) is 102 Å². The van der Waals surface area contributed by atoms with E-state index in [2.05, 4.69) is 76.2 Å². The predicted octanol–water partition coefficient (Wildman–Crippen LogP) is 26.4. The van der Waals surface area contributed by atoms with Gasteiger partial charge in [-0.15, -0.1) is 0 Å². The molecule has 0 N–H and O–H groups in total. The van der Waals surface area contributed by atoms with E-state index in [1.54, 1.807) is 0 Å². The van der Waals surface area contributed by atoms with Crippen molar-refractivity contribution in [2.24, 2.45) is 163 Å². The van der Waals surface area contributed by atoms with Crippen LogP contribution < -0.4 is 0 Å². The van der Waals surface area contributed by atoms with Crippen molar-refractivity contribution in [2.75, 3.05) is 0 Å². The Hall–Kier alpha value is -3.18. The van der Waals surface area contributed by atoms with Crippen molar-refractivity contribution >= 4 is 35.8 Å². The molecule has 17 aliphatic carbocycles. The van der Waals surface area contributed by atoms with E-state index in [0.717, 1.165) is 190 Å². The van der Waals surface area contributed by atoms with Crippen LogP contribution in [0.15, 0.2) is 0 Å². The summed E-state index contributed by atoms with van der Waals surface area (Å²) in [6.45, 7) is 49.6. The molecule has 0 spiro atoms. The number of carbonyl (C=O) groups is 6. The Labute approximate surface area is 708 Å². The maximum atomic E-state index is 12.7. The molecule has 12 heteroatoms. The Kier molecular flexibility index (Phi) is 27.6. The number of rotatable bonds is 19. The fourth-order valence-corrected chi connectivity index (χ4v) is 29.0. The Bertz CT molecular complexity index is 3430. The van der Waals surface area contributed by atoms with Crippen LogP contribution in [-0.4, -0.2) is 69.4 Å². The molecule has 116 heavy (non-hydrogen) atoms. The second-order valence-electron chi connectivity index (χ2n) is 48.2. The van der Waals surface area contributed by atoms with E-state index in [4.69, 9.17) is 28.4 Å². The number of esters is 6. The van der Waals surface area contributed by atoms with E-state index >= 15 is 0 Å². The van der Waals surface area contributed by atoms with Gasteiger partial charge >= 0.3 is 35.8 Å². The third-order valence-corrected chi connectivity index (χ3v) is 38.7. The first-order chi connectivity index (χ1) is 54.3. The largest absolute Gasteiger partial charge is 0.459 e. The van der Waals surface area contributed by atoms with Gasteiger partial charge in [0.15, 0.2) is 0 Å². The van der Waals surface area contributed by atoms with Gasteiger partial charge in [-0.2, -0.15) is 0 Å². The summed E-state index contributed by atoms with van der Waals surface area (Å²) < 4.78 is 36.4. The zero-order chi connectivity index (χ0) is 84.7. The normalized spacial score (nSPS) is 42.5. The van der Waals surface area contributed by atoms with Crippen LogP contribution in [0.5, 0.6) is 0 Å². The third-order valence-electron chi connectivity index (χ3n) is 38.7. The number of carbonyl (C=O) groups excluding carboxylic acids is 6. The van der Waals surface area contributed by atoms with Crippen LogP contribution in [0.1, 0.15) is 423 Å². The highest BCUT2D eigenvalue weighted by atomic mass is 16.6. The van der Waals surface area contributed by atoms with Crippen LogP contribution in [0.2, 0.25) is 0 Å². The van der Waals surface area contributed by atoms with Crippen molar-refractivity contribution in [3.05, 3.63) is 0 Å². The molecule has 12 bridgehead atoms. The molecule has 0 saturated heterocycles. The Morgan fingerprint density at radius 3 is 1.18 bits per heavy atom. The van der Waals surface area contributed by atoms with Crippen molar-refractivity contribution in [1.82, 2.24) is 0 Å². The molecule has 662 valence electrons. The van der Waals surface area contributed by atoms with Gasteiger partial charge in [0.1, 0.15) is 33.6 Å². The summed E-state index contributed by atoms with van der Waals surface area (Å²) in [7, 11) is 0. The highest BCUT2D eigenvalue weighted by Gasteiger charge is 2.70. The highest BCUT2D eigenvalue weighted by molar-refractivity contribution is 5.79. The molecule has 0 aromatic heterocycles. The van der Waals surface area contributed by atoms with Gasteiger partial charge in [-0.25, -0.2) is 0 Å². The van der Waals surface area contributed by atoms with Crippen LogP contribution in [0.25, 0.3) is 0 Å². The van der Waals surface area contributed by atoms with Crippen molar-refractivity contribution in [3.8, 4) is 0 Å². The van der Waals surface area contributed by atoms with E-state index in [9.17, 15) is 28.8 Å². The highest BCUT2D eigenvalue weighted by Crippen LogP contribution is 2.73. The van der Waals surface area contributed by atoms with Gasteiger partial charge in [-0.1, -0.05) is 99.8 Å². The lowest BCUT2D eigenvalue weighted by molar-refractivity contribution is -0.185. The maximum absolute atomic E-state index is 12.7. The van der Waals surface area contributed by atoms with Gasteiger partial charge in [-0.3, -0.25) is 28.8 Å². The fourth-order valence-electron chi connectivity index (χ4n) is 29.0. The van der Waals surface area contributed by atoms with Crippen molar-refractivity contribution in [2.45, 2.75) is 457 Å². The summed E-state index contributed by atoms with van der Waals surface area (Å²) in [6.07, 6.45) is 49.2. The molecule has 17 aliphatic rings. The lowest BCUT2D eigenvalue weighted by Crippen LogP contribution is -2.49. The molecule has 17 rings (SSSR count). The summed E-state index contributed by atoms with van der Waals surface area (Å²) in [5.74, 6) is 18.6. The van der Waals surface area contributed by atoms with Crippen LogP contribution in [0, 0.1) is 163 Å². The standard InChI is InChI=1S/C20H32O2.C19H30O2.C17H28O2.2C17H30O2.C14H24O2/c1-5-19(3,4)18(21)22-20(6-2)11-14-10-15(20)17-13-8-7-12(9-13)16(14)17;1-5-18(2,3)17(20)21-19(4)10-13-9-14(19)16-12-7-6-11(8-12)15(13)16;1-5-16(2,3)15(18)19-17(4)10-11-9-14(17)13-8-6-7-12(11)13;1-5-16(2,3)15(18)19-17(4)12-8-10-13-9-6-7-11-14(13)17;1-5-16(2,3)15(18)19-17(4)11-10-13-8-6-7-9-14(13)12-17;1-5-13(2,3)12(15)16-14(4)9-10-6-7-11(14)8-10/h12-17H,5-11H2,1-4H3;11-16H,5-10H2,1-4H3;11-14H,5-10H2,1-4H3;2*13-14H,5-12H2,1-4H3;10-11H,5-9H2,1-4H3. The van der Waals surface area contributed by atoms with Gasteiger partial charge in [0.05, 0.1) is 32.5 Å². The van der Waals surface area contributed by atoms with Gasteiger partial charge in [-0.05, 0) is 430 Å². The molecule has 17 saturated carbocycles. The Morgan fingerprint density at radius 1 is 0.276 bits per heavy atom. The minimum atomic E-state index is -0.343. The molecule has 0 radical (unpaired) electrons. The zero-order valence-corrected chi connectivity index (χ0v) is 78.9. The molecule has 0 heterocycles. The average Bonchev–Trinajstić information content (AvgIpc) is 1.54. The smallest absolute Gasteiger partial charge is 0.312 e. The van der Waals surface area contributed by atoms with Crippen molar-refractivity contribution in [3.63, 3.8) is 0 Å². The second-order valence-corrected chi connectivity index (χ2v) is 48.2. The monoisotopic (exact) mass is 1620 g/mol. The minimum absolute atomic E-state index is 0.00345. The molecule has 0 aromatic carbocycles. The summed E-state index contributed by atoms with van der Waals surface area (Å²) >= 11 is 0. The lowest BCUT2D eigenvalue weighted by atomic mass is 9.63. The van der Waals surface area contributed by atoms with Gasteiger partial charge < -0.3 is 28.4 Å². The molecule has 12 nitrogen and oxygen atoms in total. The van der Waals surface area contributed by atoms with E-state index in [0.29, 0.717) is 29.6 Å². The van der Waals surface area contributed by atoms with E-state index in [1.807, 2.05) is 90.0 Å². The zero-order valence-electron chi connectivity index (χ0n) is 78.9. The van der Waals surface area contributed by atoms with Crippen LogP contribution in [0.3, 0.4) is 0 Å². The van der Waals surface area contributed by atoms with Crippen molar-refractivity contribution in [1.29, 1.82) is 0 Å². The van der Waals surface area contributed by atoms with Gasteiger partial charge in [0.25, 0.3) is 0 Å². The number of ether oxygens (including phenoxy) is 6. The minimum Gasteiger partial charge on any atom is -0.459 e. The molecule has 0 amide bonds. The van der Waals surface area contributed by atoms with Gasteiger partial charge in [0.2, 0.25) is 0 Å². The van der Waals surface area contributed by atoms with Crippen LogP contribution in [0.4, 0.5) is 0 Å².